The van der Waals surface area contributed by atoms with E-state index in [1.54, 1.807) is 13.0 Å². The molecule has 0 spiro atoms. The van der Waals surface area contributed by atoms with Crippen LogP contribution in [0.1, 0.15) is 11.3 Å². The number of anilines is 1. The van der Waals surface area contributed by atoms with Gasteiger partial charge in [-0.3, -0.25) is 10.1 Å². The zero-order valence-electron chi connectivity index (χ0n) is 9.08. The summed E-state index contributed by atoms with van der Waals surface area (Å²) in [6.45, 7) is 2.05. The average Bonchev–Trinajstić information content (AvgIpc) is 2.80. The van der Waals surface area contributed by atoms with Crippen LogP contribution in [0, 0.1) is 17.0 Å². The smallest absolute Gasteiger partial charge is 0.277 e. The van der Waals surface area contributed by atoms with Crippen LogP contribution in [-0.2, 0) is 6.54 Å². The molecule has 0 aromatic carbocycles. The lowest BCUT2D eigenvalue weighted by atomic mass is 10.2. The highest BCUT2D eigenvalue weighted by Crippen LogP contribution is 2.19. The lowest BCUT2D eigenvalue weighted by Crippen LogP contribution is -2.03. The van der Waals surface area contributed by atoms with Gasteiger partial charge >= 0.3 is 0 Å². The number of aryl methyl sites for hydroxylation is 1. The molecule has 2 rings (SSSR count). The molecule has 0 radical (unpaired) electrons. The molecule has 0 bridgehead atoms. The van der Waals surface area contributed by atoms with Crippen molar-refractivity contribution in [2.24, 2.45) is 0 Å². The molecule has 17 heavy (non-hydrogen) atoms. The highest BCUT2D eigenvalue weighted by molar-refractivity contribution is 5.48. The first-order valence-electron chi connectivity index (χ1n) is 4.91. The van der Waals surface area contributed by atoms with Crippen molar-refractivity contribution in [2.45, 2.75) is 13.5 Å². The molecule has 2 aromatic rings. The summed E-state index contributed by atoms with van der Waals surface area (Å²) in [6.07, 6.45) is 2.92. The van der Waals surface area contributed by atoms with E-state index in [9.17, 15) is 10.1 Å². The van der Waals surface area contributed by atoms with Crippen LogP contribution in [0.4, 0.5) is 11.5 Å². The predicted molar refractivity (Wildman–Crippen MR) is 59.5 cm³/mol. The quantitative estimate of drug-likeness (QED) is 0.641. The lowest BCUT2D eigenvalue weighted by Gasteiger charge is -2.03. The zero-order chi connectivity index (χ0) is 12.3. The predicted octanol–water partition coefficient (Wildman–Crippen LogP) is 1.90. The molecule has 0 aliphatic carbocycles. The van der Waals surface area contributed by atoms with Crippen LogP contribution in [0.25, 0.3) is 0 Å². The fourth-order valence-corrected chi connectivity index (χ4v) is 1.32. The molecular formula is C10H10N4O3. The second kappa shape index (κ2) is 4.60. The Morgan fingerprint density at radius 2 is 2.41 bits per heavy atom. The van der Waals surface area contributed by atoms with Gasteiger partial charge in [-0.1, -0.05) is 5.16 Å². The number of rotatable bonds is 4. The number of hydrogen-bond acceptors (Lipinski definition) is 6. The molecule has 0 amide bonds. The van der Waals surface area contributed by atoms with Crippen LogP contribution in [0.5, 0.6) is 0 Å². The number of nitro groups is 1. The molecule has 0 saturated carbocycles. The Morgan fingerprint density at radius 1 is 1.59 bits per heavy atom. The van der Waals surface area contributed by atoms with E-state index >= 15 is 0 Å². The van der Waals surface area contributed by atoms with Gasteiger partial charge in [0.05, 0.1) is 17.5 Å². The van der Waals surface area contributed by atoms with E-state index in [4.69, 9.17) is 0 Å². The molecule has 2 heterocycles. The van der Waals surface area contributed by atoms with E-state index < -0.39 is 4.92 Å². The normalized spacial score (nSPS) is 10.2. The van der Waals surface area contributed by atoms with Crippen molar-refractivity contribution >= 4 is 11.5 Å². The van der Waals surface area contributed by atoms with Crippen molar-refractivity contribution in [1.82, 2.24) is 10.1 Å². The molecule has 0 fully saturated rings. The molecule has 0 aliphatic rings. The fourth-order valence-electron chi connectivity index (χ4n) is 1.32. The monoisotopic (exact) mass is 234 g/mol. The van der Waals surface area contributed by atoms with Gasteiger partial charge in [0.2, 0.25) is 0 Å². The van der Waals surface area contributed by atoms with E-state index in [1.807, 2.05) is 0 Å². The summed E-state index contributed by atoms with van der Waals surface area (Å²) in [6, 6.07) is 3.10. The Morgan fingerprint density at radius 3 is 3.06 bits per heavy atom. The molecule has 88 valence electrons. The third kappa shape index (κ3) is 2.57. The summed E-state index contributed by atoms with van der Waals surface area (Å²) in [5, 5.41) is 17.4. The first-order valence-corrected chi connectivity index (χ1v) is 4.91. The summed E-state index contributed by atoms with van der Waals surface area (Å²) in [5.74, 6) is 0.435. The van der Waals surface area contributed by atoms with Crippen LogP contribution in [0.3, 0.4) is 0 Å². The van der Waals surface area contributed by atoms with Crippen molar-refractivity contribution in [3.8, 4) is 0 Å². The average molecular weight is 234 g/mol. The maximum absolute atomic E-state index is 10.7. The second-order valence-corrected chi connectivity index (χ2v) is 3.46. The van der Waals surface area contributed by atoms with Crippen LogP contribution in [-0.4, -0.2) is 15.1 Å². The van der Waals surface area contributed by atoms with Gasteiger partial charge in [0.1, 0.15) is 17.8 Å². The Kier molecular flexibility index (Phi) is 2.99. The summed E-state index contributed by atoms with van der Waals surface area (Å²) < 4.78 is 4.67. The van der Waals surface area contributed by atoms with Gasteiger partial charge in [0.15, 0.2) is 0 Å². The SMILES string of the molecule is Cc1cnc(NCc2ccon2)cc1[N+](=O)[O-]. The number of pyridine rings is 1. The number of nitrogens with zero attached hydrogens (tertiary/aromatic N) is 3. The van der Waals surface area contributed by atoms with E-state index in [1.165, 1.54) is 18.5 Å². The third-order valence-electron chi connectivity index (χ3n) is 2.21. The largest absolute Gasteiger partial charge is 0.364 e. The maximum atomic E-state index is 10.7. The standard InChI is InChI=1S/C10H10N4O3/c1-7-5-11-10(4-9(7)14(15)16)12-6-8-2-3-17-13-8/h2-5H,6H2,1H3,(H,11,12). The molecule has 0 atom stereocenters. The maximum Gasteiger partial charge on any atom is 0.277 e. The highest BCUT2D eigenvalue weighted by atomic mass is 16.6. The van der Waals surface area contributed by atoms with Crippen molar-refractivity contribution in [3.63, 3.8) is 0 Å². The second-order valence-electron chi connectivity index (χ2n) is 3.46. The molecule has 7 heteroatoms. The van der Waals surface area contributed by atoms with Crippen LogP contribution in [0.2, 0.25) is 0 Å². The minimum absolute atomic E-state index is 0.0441. The van der Waals surface area contributed by atoms with Crippen molar-refractivity contribution in [3.05, 3.63) is 46.0 Å². The molecule has 0 aliphatic heterocycles. The fraction of sp³-hybridized carbons (Fsp3) is 0.200. The van der Waals surface area contributed by atoms with Crippen molar-refractivity contribution < 1.29 is 9.45 Å². The van der Waals surface area contributed by atoms with Gasteiger partial charge < -0.3 is 9.84 Å². The molecule has 0 unspecified atom stereocenters. The van der Waals surface area contributed by atoms with Crippen molar-refractivity contribution in [1.29, 1.82) is 0 Å². The van der Waals surface area contributed by atoms with E-state index in [0.29, 0.717) is 23.6 Å². The lowest BCUT2D eigenvalue weighted by molar-refractivity contribution is -0.385. The highest BCUT2D eigenvalue weighted by Gasteiger charge is 2.11. The zero-order valence-corrected chi connectivity index (χ0v) is 9.08. The summed E-state index contributed by atoms with van der Waals surface area (Å²) in [7, 11) is 0. The number of aromatic nitrogens is 2. The van der Waals surface area contributed by atoms with Gasteiger partial charge in [0.25, 0.3) is 5.69 Å². The van der Waals surface area contributed by atoms with E-state index in [2.05, 4.69) is 20.0 Å². The Labute approximate surface area is 96.6 Å². The van der Waals surface area contributed by atoms with Crippen LogP contribution < -0.4 is 5.32 Å². The van der Waals surface area contributed by atoms with Crippen molar-refractivity contribution in [2.75, 3.05) is 5.32 Å². The van der Waals surface area contributed by atoms with Gasteiger partial charge in [0, 0.05) is 17.8 Å². The van der Waals surface area contributed by atoms with Crippen LogP contribution in [0.15, 0.2) is 29.1 Å². The Balaban J connectivity index is 2.11. The third-order valence-corrected chi connectivity index (χ3v) is 2.21. The summed E-state index contributed by atoms with van der Waals surface area (Å²) in [5.41, 5.74) is 1.28. The van der Waals surface area contributed by atoms with E-state index in [-0.39, 0.29) is 5.69 Å². The number of nitrogens with one attached hydrogen (secondary N) is 1. The minimum Gasteiger partial charge on any atom is -0.364 e. The first-order chi connectivity index (χ1) is 8.16. The Bertz CT molecular complexity index is 524. The molecule has 7 nitrogen and oxygen atoms in total. The van der Waals surface area contributed by atoms with Gasteiger partial charge in [-0.25, -0.2) is 4.98 Å². The number of hydrogen-bond donors (Lipinski definition) is 1. The molecular weight excluding hydrogens is 224 g/mol. The van der Waals surface area contributed by atoms with Gasteiger partial charge in [-0.15, -0.1) is 0 Å². The van der Waals surface area contributed by atoms with Gasteiger partial charge in [-0.2, -0.15) is 0 Å². The summed E-state index contributed by atoms with van der Waals surface area (Å²) in [4.78, 5) is 14.3. The first kappa shape index (κ1) is 11.1. The topological polar surface area (TPSA) is 94.1 Å². The van der Waals surface area contributed by atoms with Gasteiger partial charge in [-0.05, 0) is 6.92 Å². The Hall–Kier alpha value is -2.44. The molecule has 2 aromatic heterocycles. The van der Waals surface area contributed by atoms with Crippen LogP contribution >= 0.6 is 0 Å². The van der Waals surface area contributed by atoms with E-state index in [0.717, 1.165) is 0 Å². The summed E-state index contributed by atoms with van der Waals surface area (Å²) >= 11 is 0. The minimum atomic E-state index is -0.432. The molecule has 1 N–H and O–H groups in total. The molecule has 0 saturated heterocycles.